The van der Waals surface area contributed by atoms with Crippen LogP contribution in [0.15, 0.2) is 42.9 Å². The van der Waals surface area contributed by atoms with E-state index in [1.807, 2.05) is 33.7 Å². The summed E-state index contributed by atoms with van der Waals surface area (Å²) in [6.07, 6.45) is 5.80. The molecule has 0 spiro atoms. The second kappa shape index (κ2) is 9.24. The van der Waals surface area contributed by atoms with E-state index in [0.29, 0.717) is 44.3 Å². The minimum absolute atomic E-state index is 0.207. The van der Waals surface area contributed by atoms with Crippen LogP contribution in [0.2, 0.25) is 0 Å². The molecule has 3 aliphatic heterocycles. The maximum Gasteiger partial charge on any atom is 0.224 e. The lowest BCUT2D eigenvalue weighted by Gasteiger charge is -2.42. The molecule has 3 aromatic heterocycles. The van der Waals surface area contributed by atoms with Gasteiger partial charge in [-0.25, -0.2) is 14.5 Å². The third-order valence-electron chi connectivity index (χ3n) is 7.47. The smallest absolute Gasteiger partial charge is 0.224 e. The minimum atomic E-state index is 0.207. The van der Waals surface area contributed by atoms with Gasteiger partial charge >= 0.3 is 0 Å². The van der Waals surface area contributed by atoms with Gasteiger partial charge in [-0.2, -0.15) is 10.4 Å². The number of fused-ring (bicyclic) bond motifs is 3. The van der Waals surface area contributed by atoms with Gasteiger partial charge in [-0.15, -0.1) is 0 Å². The van der Waals surface area contributed by atoms with E-state index in [9.17, 15) is 4.79 Å². The van der Waals surface area contributed by atoms with Gasteiger partial charge in [0.2, 0.25) is 5.91 Å². The van der Waals surface area contributed by atoms with Crippen molar-refractivity contribution in [2.24, 2.45) is 0 Å². The van der Waals surface area contributed by atoms with E-state index in [4.69, 9.17) is 10.00 Å². The Kier molecular flexibility index (Phi) is 5.80. The zero-order valence-corrected chi connectivity index (χ0v) is 19.5. The maximum atomic E-state index is 13.3. The van der Waals surface area contributed by atoms with Gasteiger partial charge in [0.15, 0.2) is 5.65 Å². The zero-order chi connectivity index (χ0) is 23.8. The van der Waals surface area contributed by atoms with Gasteiger partial charge in [0, 0.05) is 50.9 Å². The Balaban J connectivity index is 1.09. The number of carbonyl (C=O) groups excluding carboxylic acids is 1. The number of aromatic nitrogens is 4. The van der Waals surface area contributed by atoms with Gasteiger partial charge in [-0.05, 0) is 37.1 Å². The van der Waals surface area contributed by atoms with Crippen molar-refractivity contribution in [3.8, 4) is 6.07 Å². The molecule has 6 rings (SSSR count). The second-order valence-corrected chi connectivity index (χ2v) is 9.57. The molecule has 3 saturated heterocycles. The average molecular weight is 473 g/mol. The first kappa shape index (κ1) is 21.9. The number of anilines is 1. The molecule has 3 fully saturated rings. The molecular formula is C25H28N8O2. The molecule has 35 heavy (non-hydrogen) atoms. The van der Waals surface area contributed by atoms with Gasteiger partial charge in [0.25, 0.3) is 0 Å². The van der Waals surface area contributed by atoms with Gasteiger partial charge in [-0.3, -0.25) is 9.69 Å². The van der Waals surface area contributed by atoms with Crippen LogP contribution in [-0.2, 0) is 16.1 Å². The molecule has 0 N–H and O–H groups in total. The predicted molar refractivity (Wildman–Crippen MR) is 127 cm³/mol. The summed E-state index contributed by atoms with van der Waals surface area (Å²) in [5, 5.41) is 13.4. The molecule has 3 aromatic rings. The Morgan fingerprint density at radius 1 is 1.14 bits per heavy atom. The predicted octanol–water partition coefficient (Wildman–Crippen LogP) is 1.47. The molecule has 10 nitrogen and oxygen atoms in total. The molecule has 0 radical (unpaired) electrons. The number of nitriles is 1. The van der Waals surface area contributed by atoms with Gasteiger partial charge < -0.3 is 14.5 Å². The van der Waals surface area contributed by atoms with E-state index in [-0.39, 0.29) is 18.0 Å². The van der Waals surface area contributed by atoms with Crippen molar-refractivity contribution < 1.29 is 9.53 Å². The Morgan fingerprint density at radius 3 is 2.66 bits per heavy atom. The summed E-state index contributed by atoms with van der Waals surface area (Å²) in [7, 11) is 0. The zero-order valence-electron chi connectivity index (χ0n) is 19.5. The summed E-state index contributed by atoms with van der Waals surface area (Å²) in [5.74, 6) is 1.11. The number of hydrogen-bond donors (Lipinski definition) is 0. The minimum Gasteiger partial charge on any atom is -0.378 e. The highest BCUT2D eigenvalue weighted by Crippen LogP contribution is 2.34. The molecule has 0 aromatic carbocycles. The Bertz CT molecular complexity index is 1230. The summed E-state index contributed by atoms with van der Waals surface area (Å²) in [6, 6.07) is 12.7. The first-order valence-electron chi connectivity index (χ1n) is 12.2. The van der Waals surface area contributed by atoms with Crippen molar-refractivity contribution in [1.29, 1.82) is 5.26 Å². The van der Waals surface area contributed by atoms with E-state index in [1.54, 1.807) is 12.5 Å². The van der Waals surface area contributed by atoms with Gasteiger partial charge in [-0.1, -0.05) is 6.07 Å². The van der Waals surface area contributed by atoms with E-state index in [2.05, 4.69) is 37.0 Å². The fourth-order valence-corrected chi connectivity index (χ4v) is 5.54. The fraction of sp³-hybridized carbons (Fsp3) is 0.480. The number of amides is 1. The number of nitrogens with zero attached hydrogens (tertiary/aromatic N) is 8. The molecule has 2 unspecified atom stereocenters. The third kappa shape index (κ3) is 4.22. The van der Waals surface area contributed by atoms with Crippen molar-refractivity contribution in [2.45, 2.75) is 43.9 Å². The van der Waals surface area contributed by atoms with Crippen molar-refractivity contribution in [1.82, 2.24) is 29.4 Å². The molecule has 6 heterocycles. The molecule has 1 amide bonds. The van der Waals surface area contributed by atoms with E-state index < -0.39 is 0 Å². The lowest BCUT2D eigenvalue weighted by Crippen LogP contribution is -2.56. The summed E-state index contributed by atoms with van der Waals surface area (Å²) in [5.41, 5.74) is 2.45. The summed E-state index contributed by atoms with van der Waals surface area (Å²) in [4.78, 5) is 28.8. The highest BCUT2D eigenvalue weighted by atomic mass is 16.5. The van der Waals surface area contributed by atoms with E-state index >= 15 is 0 Å². The maximum absolute atomic E-state index is 13.3. The molecule has 2 bridgehead atoms. The molecule has 2 atom stereocenters. The van der Waals surface area contributed by atoms with E-state index in [0.717, 1.165) is 43.1 Å². The SMILES string of the molecule is N#Cc1ccc(N2C3CCC2CN(C(=O)CCN(Cc2cccc4ncnn24)C2COC2)C3)nc1. The van der Waals surface area contributed by atoms with Crippen LogP contribution in [0.4, 0.5) is 5.82 Å². The second-order valence-electron chi connectivity index (χ2n) is 9.57. The van der Waals surface area contributed by atoms with Gasteiger partial charge in [0.1, 0.15) is 18.2 Å². The number of ether oxygens (including phenoxy) is 1. The lowest BCUT2D eigenvalue weighted by atomic mass is 10.1. The van der Waals surface area contributed by atoms with Gasteiger partial charge in [0.05, 0.1) is 30.5 Å². The third-order valence-corrected chi connectivity index (χ3v) is 7.47. The number of pyridine rings is 2. The lowest BCUT2D eigenvalue weighted by molar-refractivity contribution is -0.133. The Hall–Kier alpha value is -3.55. The highest BCUT2D eigenvalue weighted by molar-refractivity contribution is 5.77. The number of rotatable bonds is 7. The molecule has 180 valence electrons. The van der Waals surface area contributed by atoms with Crippen LogP contribution in [0.3, 0.4) is 0 Å². The monoisotopic (exact) mass is 472 g/mol. The topological polar surface area (TPSA) is 103 Å². The van der Waals surface area contributed by atoms with Crippen molar-refractivity contribution >= 4 is 17.4 Å². The van der Waals surface area contributed by atoms with Crippen LogP contribution < -0.4 is 4.90 Å². The standard InChI is InChI=1S/C25H28N8O2/c26-10-18-4-7-23(27-11-18)32-19-5-6-20(32)13-31(12-19)25(34)8-9-30(22-15-35-16-22)14-21-2-1-3-24-28-17-29-33(21)24/h1-4,7,11,17,19-20,22H,5-6,8-9,12-16H2. The molecule has 0 saturated carbocycles. The van der Waals surface area contributed by atoms with Crippen LogP contribution in [0.25, 0.3) is 5.65 Å². The number of hydrogen-bond acceptors (Lipinski definition) is 8. The summed E-state index contributed by atoms with van der Waals surface area (Å²) in [6.45, 7) is 4.23. The Labute approximate surface area is 203 Å². The number of piperazine rings is 1. The summed E-state index contributed by atoms with van der Waals surface area (Å²) < 4.78 is 7.32. The molecular weight excluding hydrogens is 444 g/mol. The molecule has 10 heteroatoms. The first-order chi connectivity index (χ1) is 17.2. The normalized spacial score (nSPS) is 21.9. The van der Waals surface area contributed by atoms with Crippen LogP contribution in [0.1, 0.15) is 30.5 Å². The Morgan fingerprint density at radius 2 is 1.97 bits per heavy atom. The quantitative estimate of drug-likeness (QED) is 0.509. The number of carbonyl (C=O) groups is 1. The van der Waals surface area contributed by atoms with Crippen molar-refractivity contribution in [3.05, 3.63) is 54.1 Å². The molecule has 3 aliphatic rings. The van der Waals surface area contributed by atoms with E-state index in [1.165, 1.54) is 0 Å². The summed E-state index contributed by atoms with van der Waals surface area (Å²) >= 11 is 0. The fourth-order valence-electron chi connectivity index (χ4n) is 5.54. The van der Waals surface area contributed by atoms with Crippen molar-refractivity contribution in [3.63, 3.8) is 0 Å². The van der Waals surface area contributed by atoms with Crippen LogP contribution in [0, 0.1) is 11.3 Å². The van der Waals surface area contributed by atoms with Crippen LogP contribution >= 0.6 is 0 Å². The first-order valence-corrected chi connectivity index (χ1v) is 12.2. The highest BCUT2D eigenvalue weighted by Gasteiger charge is 2.42. The largest absolute Gasteiger partial charge is 0.378 e. The molecule has 0 aliphatic carbocycles. The average Bonchev–Trinajstić information content (AvgIpc) is 3.43. The van der Waals surface area contributed by atoms with Crippen LogP contribution in [-0.4, -0.2) is 86.3 Å². The van der Waals surface area contributed by atoms with Crippen LogP contribution in [0.5, 0.6) is 0 Å². The number of likely N-dealkylation sites (tertiary alicyclic amines) is 1. The van der Waals surface area contributed by atoms with Crippen molar-refractivity contribution in [2.75, 3.05) is 37.7 Å².